The Bertz CT molecular complexity index is 623. The molecule has 2 aliphatic rings. The standard InChI is InChI=1S/C13H13Cl2N3O3/c14-10-4-8(18(20)21)3-9(12(10)15)13(19)17-2-1-7-5-16-6-11(7)17/h3-4,7,11,16H,1-2,5-6H2/t7-,11+/m0/s1. The lowest BCUT2D eigenvalue weighted by Gasteiger charge is -2.24. The van der Waals surface area contributed by atoms with Crippen molar-refractivity contribution in [2.24, 2.45) is 5.92 Å². The Morgan fingerprint density at radius 2 is 2.14 bits per heavy atom. The van der Waals surface area contributed by atoms with Crippen molar-refractivity contribution >= 4 is 34.8 Å². The van der Waals surface area contributed by atoms with Crippen molar-refractivity contribution in [3.05, 3.63) is 37.9 Å². The number of hydrogen-bond donors (Lipinski definition) is 1. The van der Waals surface area contributed by atoms with E-state index < -0.39 is 4.92 Å². The lowest BCUT2D eigenvalue weighted by Crippen LogP contribution is -2.39. The summed E-state index contributed by atoms with van der Waals surface area (Å²) in [4.78, 5) is 24.7. The smallest absolute Gasteiger partial charge is 0.271 e. The normalized spacial score (nSPS) is 24.2. The van der Waals surface area contributed by atoms with Gasteiger partial charge in [0, 0.05) is 37.8 Å². The number of non-ortho nitro benzene ring substituents is 1. The van der Waals surface area contributed by atoms with Gasteiger partial charge in [-0.2, -0.15) is 0 Å². The van der Waals surface area contributed by atoms with Gasteiger partial charge in [-0.15, -0.1) is 0 Å². The summed E-state index contributed by atoms with van der Waals surface area (Å²) in [7, 11) is 0. The molecule has 0 radical (unpaired) electrons. The number of rotatable bonds is 2. The maximum absolute atomic E-state index is 12.7. The van der Waals surface area contributed by atoms with E-state index in [2.05, 4.69) is 5.32 Å². The van der Waals surface area contributed by atoms with Crippen LogP contribution in [0.25, 0.3) is 0 Å². The number of benzene rings is 1. The van der Waals surface area contributed by atoms with Gasteiger partial charge in [0.15, 0.2) is 0 Å². The maximum Gasteiger partial charge on any atom is 0.271 e. The van der Waals surface area contributed by atoms with Crippen LogP contribution in [-0.2, 0) is 0 Å². The highest BCUT2D eigenvalue weighted by atomic mass is 35.5. The summed E-state index contributed by atoms with van der Waals surface area (Å²) in [5.74, 6) is 0.156. The van der Waals surface area contributed by atoms with Gasteiger partial charge in [-0.05, 0) is 12.3 Å². The number of fused-ring (bicyclic) bond motifs is 1. The van der Waals surface area contributed by atoms with Gasteiger partial charge < -0.3 is 10.2 Å². The number of carbonyl (C=O) groups is 1. The summed E-state index contributed by atoms with van der Waals surface area (Å²) in [6.45, 7) is 2.29. The van der Waals surface area contributed by atoms with Gasteiger partial charge in [0.25, 0.3) is 11.6 Å². The van der Waals surface area contributed by atoms with Crippen molar-refractivity contribution < 1.29 is 9.72 Å². The fourth-order valence-electron chi connectivity index (χ4n) is 3.09. The van der Waals surface area contributed by atoms with Crippen molar-refractivity contribution in [3.63, 3.8) is 0 Å². The third-order valence-corrected chi connectivity index (χ3v) is 4.96. The summed E-state index contributed by atoms with van der Waals surface area (Å²) >= 11 is 12.0. The number of halogens is 2. The lowest BCUT2D eigenvalue weighted by atomic mass is 10.0. The average molecular weight is 330 g/mol. The fourth-order valence-corrected chi connectivity index (χ4v) is 3.50. The van der Waals surface area contributed by atoms with E-state index in [0.717, 1.165) is 25.6 Å². The van der Waals surface area contributed by atoms with E-state index in [-0.39, 0.29) is 33.2 Å². The first kappa shape index (κ1) is 14.6. The highest BCUT2D eigenvalue weighted by Gasteiger charge is 2.40. The molecule has 6 nitrogen and oxygen atoms in total. The molecule has 2 saturated heterocycles. The van der Waals surface area contributed by atoms with Gasteiger partial charge in [0.05, 0.1) is 20.5 Å². The fraction of sp³-hybridized carbons (Fsp3) is 0.462. The molecule has 2 heterocycles. The zero-order chi connectivity index (χ0) is 15.1. The van der Waals surface area contributed by atoms with Crippen LogP contribution in [0, 0.1) is 16.0 Å². The van der Waals surface area contributed by atoms with Crippen molar-refractivity contribution in [3.8, 4) is 0 Å². The Morgan fingerprint density at radius 1 is 1.38 bits per heavy atom. The number of amides is 1. The van der Waals surface area contributed by atoms with Crippen molar-refractivity contribution in [1.82, 2.24) is 10.2 Å². The van der Waals surface area contributed by atoms with Crippen LogP contribution >= 0.6 is 23.2 Å². The van der Waals surface area contributed by atoms with Crippen LogP contribution in [0.2, 0.25) is 10.0 Å². The molecule has 2 atom stereocenters. The van der Waals surface area contributed by atoms with Crippen LogP contribution in [0.5, 0.6) is 0 Å². The van der Waals surface area contributed by atoms with Gasteiger partial charge in [-0.3, -0.25) is 14.9 Å². The van der Waals surface area contributed by atoms with E-state index in [0.29, 0.717) is 12.5 Å². The van der Waals surface area contributed by atoms with Gasteiger partial charge in [0.1, 0.15) is 0 Å². The monoisotopic (exact) mass is 329 g/mol. The summed E-state index contributed by atoms with van der Waals surface area (Å²) in [5, 5.41) is 14.3. The Kier molecular flexibility index (Phi) is 3.77. The Labute approximate surface area is 131 Å². The van der Waals surface area contributed by atoms with E-state index in [1.807, 2.05) is 0 Å². The number of nitrogens with zero attached hydrogens (tertiary/aromatic N) is 2. The number of nitro groups is 1. The van der Waals surface area contributed by atoms with E-state index in [9.17, 15) is 14.9 Å². The van der Waals surface area contributed by atoms with Crippen LogP contribution in [0.4, 0.5) is 5.69 Å². The van der Waals surface area contributed by atoms with Gasteiger partial charge in [0.2, 0.25) is 0 Å². The Hall–Kier alpha value is -1.37. The largest absolute Gasteiger partial charge is 0.334 e. The van der Waals surface area contributed by atoms with Crippen LogP contribution in [0.3, 0.4) is 0 Å². The van der Waals surface area contributed by atoms with Crippen LogP contribution < -0.4 is 5.32 Å². The molecule has 1 N–H and O–H groups in total. The first-order valence-corrected chi connectivity index (χ1v) is 7.39. The van der Waals surface area contributed by atoms with E-state index in [1.54, 1.807) is 4.90 Å². The Morgan fingerprint density at radius 3 is 2.86 bits per heavy atom. The summed E-state index contributed by atoms with van der Waals surface area (Å²) in [5.41, 5.74) is -0.128. The lowest BCUT2D eigenvalue weighted by molar-refractivity contribution is -0.384. The topological polar surface area (TPSA) is 75.5 Å². The van der Waals surface area contributed by atoms with Crippen LogP contribution in [0.1, 0.15) is 16.8 Å². The predicted molar refractivity (Wildman–Crippen MR) is 78.9 cm³/mol. The first-order valence-electron chi connectivity index (χ1n) is 6.64. The number of hydrogen-bond acceptors (Lipinski definition) is 4. The minimum atomic E-state index is -0.580. The molecule has 0 unspecified atom stereocenters. The highest BCUT2D eigenvalue weighted by molar-refractivity contribution is 6.44. The molecule has 2 fully saturated rings. The third kappa shape index (κ3) is 2.47. The number of nitrogens with one attached hydrogen (secondary N) is 1. The molecular weight excluding hydrogens is 317 g/mol. The molecule has 0 bridgehead atoms. The second-order valence-corrected chi connectivity index (χ2v) is 6.10. The molecule has 1 amide bonds. The quantitative estimate of drug-likeness (QED) is 0.667. The molecule has 0 aliphatic carbocycles. The molecule has 3 rings (SSSR count). The first-order chi connectivity index (χ1) is 9.99. The molecular formula is C13H13Cl2N3O3. The number of carbonyl (C=O) groups excluding carboxylic acids is 1. The summed E-state index contributed by atoms with van der Waals surface area (Å²) < 4.78 is 0. The molecule has 8 heteroatoms. The molecule has 21 heavy (non-hydrogen) atoms. The number of nitro benzene ring substituents is 1. The molecule has 1 aromatic carbocycles. The zero-order valence-corrected chi connectivity index (χ0v) is 12.5. The minimum Gasteiger partial charge on any atom is -0.334 e. The average Bonchev–Trinajstić information content (AvgIpc) is 3.03. The minimum absolute atomic E-state index is 0.0227. The number of likely N-dealkylation sites (tertiary alicyclic amines) is 1. The molecule has 0 saturated carbocycles. The maximum atomic E-state index is 12.7. The van der Waals surface area contributed by atoms with E-state index >= 15 is 0 Å². The molecule has 2 aliphatic heterocycles. The second kappa shape index (κ2) is 5.44. The van der Waals surface area contributed by atoms with Crippen LogP contribution in [-0.4, -0.2) is 41.4 Å². The van der Waals surface area contributed by atoms with Crippen molar-refractivity contribution in [2.45, 2.75) is 12.5 Å². The Balaban J connectivity index is 1.96. The SMILES string of the molecule is O=C(c1cc([N+](=O)[O-])cc(Cl)c1Cl)N1CC[C@H]2CNC[C@H]21. The molecule has 112 valence electrons. The van der Waals surface area contributed by atoms with Gasteiger partial charge in [-0.25, -0.2) is 0 Å². The van der Waals surface area contributed by atoms with E-state index in [1.165, 1.54) is 6.07 Å². The summed E-state index contributed by atoms with van der Waals surface area (Å²) in [6, 6.07) is 2.49. The predicted octanol–water partition coefficient (Wildman–Crippen LogP) is 2.34. The van der Waals surface area contributed by atoms with Crippen LogP contribution in [0.15, 0.2) is 12.1 Å². The molecule has 1 aromatic rings. The second-order valence-electron chi connectivity index (χ2n) is 5.32. The van der Waals surface area contributed by atoms with Gasteiger partial charge >= 0.3 is 0 Å². The zero-order valence-electron chi connectivity index (χ0n) is 11.0. The summed E-state index contributed by atoms with van der Waals surface area (Å²) in [6.07, 6.45) is 0.934. The van der Waals surface area contributed by atoms with Crippen molar-refractivity contribution in [2.75, 3.05) is 19.6 Å². The van der Waals surface area contributed by atoms with Crippen molar-refractivity contribution in [1.29, 1.82) is 0 Å². The van der Waals surface area contributed by atoms with E-state index in [4.69, 9.17) is 23.2 Å². The molecule has 0 spiro atoms. The van der Waals surface area contributed by atoms with Gasteiger partial charge in [-0.1, -0.05) is 23.2 Å². The highest BCUT2D eigenvalue weighted by Crippen LogP contribution is 2.34. The third-order valence-electron chi connectivity index (χ3n) is 4.16. The molecule has 0 aromatic heterocycles.